The quantitative estimate of drug-likeness (QED) is 0.181. The number of carbonyl (C=O) groups is 1. The molecular weight excluding hydrogens is 570 g/mol. The summed E-state index contributed by atoms with van der Waals surface area (Å²) in [6.07, 6.45) is -12.3. The van der Waals surface area contributed by atoms with Gasteiger partial charge in [-0.25, -0.2) is 9.36 Å². The number of nitrogens with zero attached hydrogens (tertiary/aromatic N) is 1. The molecule has 12 nitrogen and oxygen atoms in total. The summed E-state index contributed by atoms with van der Waals surface area (Å²) < 4.78 is 76.9. The summed E-state index contributed by atoms with van der Waals surface area (Å²) in [5.41, 5.74) is -5.13. The minimum absolute atomic E-state index is 0.0152. The Bertz CT molecular complexity index is 1320. The molecule has 2 unspecified atom stereocenters. The lowest BCUT2D eigenvalue weighted by molar-refractivity contribution is -0.304. The van der Waals surface area contributed by atoms with Crippen molar-refractivity contribution < 1.29 is 51.3 Å². The van der Waals surface area contributed by atoms with E-state index in [0.717, 1.165) is 12.3 Å². The number of para-hydroxylation sites is 1. The maximum absolute atomic E-state index is 14.0. The van der Waals surface area contributed by atoms with Gasteiger partial charge in [0.15, 0.2) is 6.23 Å². The predicted octanol–water partition coefficient (Wildman–Crippen LogP) is 2.59. The first-order valence-electron chi connectivity index (χ1n) is 11.5. The molecule has 0 saturated carbocycles. The lowest BCUT2D eigenvalue weighted by Gasteiger charge is -2.33. The number of hydrogen-bond acceptors (Lipinski definition) is 10. The Morgan fingerprint density at radius 1 is 1.28 bits per heavy atom. The Morgan fingerprint density at radius 2 is 1.92 bits per heavy atom. The number of carbonyl (C=O) groups excluding carboxylic acids is 1. The first-order chi connectivity index (χ1) is 18.1. The number of nitrogens with one attached hydrogen (secondary N) is 2. The second-order valence-electron chi connectivity index (χ2n) is 8.85. The van der Waals surface area contributed by atoms with Crippen molar-refractivity contribution in [3.8, 4) is 5.75 Å². The Hall–Kier alpha value is -2.59. The van der Waals surface area contributed by atoms with Gasteiger partial charge in [0, 0.05) is 6.20 Å². The van der Waals surface area contributed by atoms with Gasteiger partial charge in [0.05, 0.1) is 12.7 Å². The van der Waals surface area contributed by atoms with Gasteiger partial charge in [-0.15, -0.1) is 0 Å². The highest BCUT2D eigenvalue weighted by Crippen LogP contribution is 2.50. The number of halogens is 3. The fourth-order valence-electron chi connectivity index (χ4n) is 3.61. The van der Waals surface area contributed by atoms with E-state index in [0.29, 0.717) is 4.57 Å². The average Bonchev–Trinajstić information content (AvgIpc) is 3.09. The van der Waals surface area contributed by atoms with Crippen LogP contribution in [0.3, 0.4) is 0 Å². The van der Waals surface area contributed by atoms with Crippen molar-refractivity contribution in [2.45, 2.75) is 63.1 Å². The van der Waals surface area contributed by atoms with Crippen molar-refractivity contribution >= 4 is 25.9 Å². The molecule has 1 aromatic heterocycles. The van der Waals surface area contributed by atoms with Crippen LogP contribution in [0, 0.1) is 4.64 Å². The molecule has 6 atom stereocenters. The first kappa shape index (κ1) is 30.9. The first-order valence-corrected chi connectivity index (χ1v) is 13.4. The summed E-state index contributed by atoms with van der Waals surface area (Å²) in [5, 5.41) is 23.5. The second-order valence-corrected chi connectivity index (χ2v) is 11.0. The highest BCUT2D eigenvalue weighted by atomic mass is 32.1. The molecule has 0 spiro atoms. The zero-order valence-electron chi connectivity index (χ0n) is 20.8. The topological polar surface area (TPSA) is 161 Å². The number of esters is 1. The molecular formula is C22H27F3N3O9PS. The van der Waals surface area contributed by atoms with Crippen molar-refractivity contribution in [3.05, 3.63) is 57.7 Å². The number of hydrogen-bond donors (Lipinski definition) is 4. The SMILES string of the molecule is CC(C)OC(=O)[C@H](C)NP(=O)(OC[C@H]1O[C@@H](n2ccc(=S)[nH]c2=O)[C@@](O)(C(F)(F)F)C1O)Oc1ccccc1. The van der Waals surface area contributed by atoms with Gasteiger partial charge >= 0.3 is 25.6 Å². The Labute approximate surface area is 225 Å². The number of benzene rings is 1. The molecule has 1 aromatic carbocycles. The monoisotopic (exact) mass is 597 g/mol. The van der Waals surface area contributed by atoms with Gasteiger partial charge in [-0.3, -0.25) is 18.9 Å². The predicted molar refractivity (Wildman–Crippen MR) is 131 cm³/mol. The molecule has 2 aromatic rings. The summed E-state index contributed by atoms with van der Waals surface area (Å²) in [5.74, 6) is -0.809. The smallest absolute Gasteiger partial charge is 0.459 e. The third-order valence-electron chi connectivity index (χ3n) is 5.48. The molecule has 0 bridgehead atoms. The van der Waals surface area contributed by atoms with E-state index in [1.165, 1.54) is 31.2 Å². The number of rotatable bonds is 10. The molecule has 1 fully saturated rings. The van der Waals surface area contributed by atoms with Crippen LogP contribution in [0.1, 0.15) is 27.0 Å². The molecule has 2 heterocycles. The van der Waals surface area contributed by atoms with Gasteiger partial charge in [0.1, 0.15) is 28.6 Å². The number of ether oxygens (including phenoxy) is 2. The van der Waals surface area contributed by atoms with E-state index < -0.39 is 68.4 Å². The van der Waals surface area contributed by atoms with Crippen LogP contribution in [-0.4, -0.2) is 68.5 Å². The van der Waals surface area contributed by atoms with Crippen LogP contribution in [0.25, 0.3) is 0 Å². The van der Waals surface area contributed by atoms with Crippen LogP contribution in [-0.2, 0) is 23.4 Å². The molecule has 4 N–H and O–H groups in total. The standard InChI is InChI=1S/C22H27F3N3O9PS/c1-12(2)35-18(30)13(3)27-38(33,37-14-7-5-4-6-8-14)34-11-15-17(29)21(32,22(23,24)25)19(36-15)28-10-9-16(39)26-20(28)31/h4-10,12-13,15,17,19,29,32H,11H2,1-3H3,(H,27,33)(H,26,31,39)/t13-,15+,17?,19+,21+,38?/m0/s1. The largest absolute Gasteiger partial charge is 0.462 e. The van der Waals surface area contributed by atoms with Gasteiger partial charge in [-0.1, -0.05) is 30.4 Å². The molecule has 39 heavy (non-hydrogen) atoms. The maximum Gasteiger partial charge on any atom is 0.459 e. The summed E-state index contributed by atoms with van der Waals surface area (Å²) >= 11 is 4.77. The van der Waals surface area contributed by atoms with E-state index in [2.05, 4.69) is 10.1 Å². The van der Waals surface area contributed by atoms with E-state index in [1.54, 1.807) is 19.9 Å². The van der Waals surface area contributed by atoms with Crippen molar-refractivity contribution in [2.75, 3.05) is 6.61 Å². The van der Waals surface area contributed by atoms with E-state index >= 15 is 0 Å². The molecule has 1 aliphatic rings. The highest BCUT2D eigenvalue weighted by molar-refractivity contribution is 7.71. The summed E-state index contributed by atoms with van der Waals surface area (Å²) in [6.45, 7) is 3.43. The highest BCUT2D eigenvalue weighted by Gasteiger charge is 2.71. The zero-order chi connectivity index (χ0) is 29.2. The van der Waals surface area contributed by atoms with E-state index in [9.17, 15) is 37.5 Å². The second kappa shape index (κ2) is 11.9. The fraction of sp³-hybridized carbons (Fsp3) is 0.500. The number of H-pyrrole nitrogens is 1. The van der Waals surface area contributed by atoms with Gasteiger partial charge in [-0.05, 0) is 39.0 Å². The zero-order valence-corrected chi connectivity index (χ0v) is 22.5. The minimum Gasteiger partial charge on any atom is -0.462 e. The molecule has 1 saturated heterocycles. The van der Waals surface area contributed by atoms with Crippen LogP contribution in [0.2, 0.25) is 0 Å². The van der Waals surface area contributed by atoms with Crippen molar-refractivity contribution in [1.29, 1.82) is 0 Å². The minimum atomic E-state index is -5.49. The fourth-order valence-corrected chi connectivity index (χ4v) is 5.26. The average molecular weight is 598 g/mol. The van der Waals surface area contributed by atoms with Crippen LogP contribution >= 0.6 is 20.0 Å². The van der Waals surface area contributed by atoms with Gasteiger partial charge in [0.2, 0.25) is 5.60 Å². The van der Waals surface area contributed by atoms with Gasteiger partial charge < -0.3 is 24.2 Å². The van der Waals surface area contributed by atoms with Gasteiger partial charge in [0.25, 0.3) is 0 Å². The van der Waals surface area contributed by atoms with E-state index in [1.807, 2.05) is 0 Å². The molecule has 216 valence electrons. The summed E-state index contributed by atoms with van der Waals surface area (Å²) in [7, 11) is -4.56. The van der Waals surface area contributed by atoms with Crippen molar-refractivity contribution in [3.63, 3.8) is 0 Å². The maximum atomic E-state index is 14.0. The molecule has 0 radical (unpaired) electrons. The van der Waals surface area contributed by atoms with E-state index in [4.69, 9.17) is 30.7 Å². The van der Waals surface area contributed by atoms with Crippen LogP contribution in [0.15, 0.2) is 47.4 Å². The Morgan fingerprint density at radius 3 is 2.49 bits per heavy atom. The number of aromatic nitrogens is 2. The van der Waals surface area contributed by atoms with Crippen LogP contribution in [0.5, 0.6) is 5.75 Å². The summed E-state index contributed by atoms with van der Waals surface area (Å²) in [4.78, 5) is 26.6. The number of alkyl halides is 3. The molecule has 0 amide bonds. The molecule has 3 rings (SSSR count). The lowest BCUT2D eigenvalue weighted by atomic mass is 9.93. The van der Waals surface area contributed by atoms with Crippen LogP contribution < -0.4 is 15.3 Å². The Kier molecular flexibility index (Phi) is 9.43. The van der Waals surface area contributed by atoms with Crippen molar-refractivity contribution in [2.24, 2.45) is 0 Å². The van der Waals surface area contributed by atoms with Crippen LogP contribution in [0.4, 0.5) is 13.2 Å². The van der Waals surface area contributed by atoms with Crippen molar-refractivity contribution in [1.82, 2.24) is 14.6 Å². The Balaban J connectivity index is 1.90. The number of aromatic amines is 1. The normalized spacial score (nSPS) is 25.7. The molecule has 0 aliphatic carbocycles. The molecule has 17 heteroatoms. The number of aliphatic hydroxyl groups is 2. The lowest BCUT2D eigenvalue weighted by Crippen LogP contribution is -2.58. The van der Waals surface area contributed by atoms with E-state index in [-0.39, 0.29) is 10.4 Å². The van der Waals surface area contributed by atoms with Gasteiger partial charge in [-0.2, -0.15) is 18.3 Å². The molecule has 1 aliphatic heterocycles. The third-order valence-corrected chi connectivity index (χ3v) is 7.36. The summed E-state index contributed by atoms with van der Waals surface area (Å²) in [6, 6.07) is 7.33. The number of aliphatic hydroxyl groups excluding tert-OH is 1. The third kappa shape index (κ3) is 6.95.